The van der Waals surface area contributed by atoms with Crippen LogP contribution in [0.1, 0.15) is 11.3 Å². The Morgan fingerprint density at radius 2 is 2.15 bits per heavy atom. The Morgan fingerprint density at radius 1 is 1.40 bits per heavy atom. The van der Waals surface area contributed by atoms with Crippen LogP contribution in [0.2, 0.25) is 0 Å². The van der Waals surface area contributed by atoms with Gasteiger partial charge in [0.25, 0.3) is 0 Å². The summed E-state index contributed by atoms with van der Waals surface area (Å²) < 4.78 is 28.8. The standard InChI is InChI=1S/C12H17N5O2S/c1-9-10(8-17(3)16-9)6-15-20(18,19)12-7-14-5-4-11(12)13-2/h4-5,7-8,15H,6H2,1-3H3,(H,13,14). The third-order valence-electron chi connectivity index (χ3n) is 2.91. The van der Waals surface area contributed by atoms with E-state index in [-0.39, 0.29) is 11.4 Å². The topological polar surface area (TPSA) is 88.9 Å². The van der Waals surface area contributed by atoms with E-state index in [0.717, 1.165) is 11.3 Å². The van der Waals surface area contributed by atoms with Crippen molar-refractivity contribution in [3.8, 4) is 0 Å². The summed E-state index contributed by atoms with van der Waals surface area (Å²) in [7, 11) is -0.158. The van der Waals surface area contributed by atoms with Crippen molar-refractivity contribution in [2.75, 3.05) is 12.4 Å². The molecule has 0 aromatic carbocycles. The lowest BCUT2D eigenvalue weighted by Crippen LogP contribution is -2.24. The minimum atomic E-state index is -3.62. The second-order valence-electron chi connectivity index (χ2n) is 4.36. The average Bonchev–Trinajstić information content (AvgIpc) is 2.75. The molecule has 0 atom stereocenters. The quantitative estimate of drug-likeness (QED) is 0.845. The molecule has 0 bridgehead atoms. The number of hydrogen-bond donors (Lipinski definition) is 2. The zero-order valence-corrected chi connectivity index (χ0v) is 12.4. The fourth-order valence-corrected chi connectivity index (χ4v) is 3.03. The van der Waals surface area contributed by atoms with Gasteiger partial charge in [-0.15, -0.1) is 0 Å². The molecule has 0 radical (unpaired) electrons. The van der Waals surface area contributed by atoms with Crippen LogP contribution in [0.5, 0.6) is 0 Å². The van der Waals surface area contributed by atoms with Crippen LogP contribution in [-0.2, 0) is 23.6 Å². The van der Waals surface area contributed by atoms with Gasteiger partial charge in [-0.25, -0.2) is 13.1 Å². The highest BCUT2D eigenvalue weighted by molar-refractivity contribution is 7.89. The first-order valence-corrected chi connectivity index (χ1v) is 7.53. The molecule has 0 unspecified atom stereocenters. The molecule has 0 saturated heterocycles. The van der Waals surface area contributed by atoms with Crippen LogP contribution in [-0.4, -0.2) is 30.2 Å². The van der Waals surface area contributed by atoms with Crippen molar-refractivity contribution in [1.29, 1.82) is 0 Å². The lowest BCUT2D eigenvalue weighted by Gasteiger charge is -2.10. The second-order valence-corrected chi connectivity index (χ2v) is 6.10. The van der Waals surface area contributed by atoms with Crippen LogP contribution in [0.15, 0.2) is 29.6 Å². The molecule has 2 aromatic rings. The van der Waals surface area contributed by atoms with Crippen LogP contribution in [0, 0.1) is 6.92 Å². The van der Waals surface area contributed by atoms with Crippen molar-refractivity contribution in [2.45, 2.75) is 18.4 Å². The van der Waals surface area contributed by atoms with Gasteiger partial charge in [0.2, 0.25) is 10.0 Å². The number of pyridine rings is 1. The highest BCUT2D eigenvalue weighted by Crippen LogP contribution is 2.19. The number of rotatable bonds is 5. The highest BCUT2D eigenvalue weighted by Gasteiger charge is 2.18. The van der Waals surface area contributed by atoms with E-state index in [9.17, 15) is 8.42 Å². The van der Waals surface area contributed by atoms with Gasteiger partial charge < -0.3 is 5.32 Å². The fraction of sp³-hybridized carbons (Fsp3) is 0.333. The van der Waals surface area contributed by atoms with Crippen molar-refractivity contribution in [3.05, 3.63) is 35.9 Å². The fourth-order valence-electron chi connectivity index (χ4n) is 1.87. The van der Waals surface area contributed by atoms with Crippen molar-refractivity contribution in [1.82, 2.24) is 19.5 Å². The number of aromatic nitrogens is 3. The van der Waals surface area contributed by atoms with Crippen LogP contribution in [0.3, 0.4) is 0 Å². The molecule has 8 heteroatoms. The zero-order valence-electron chi connectivity index (χ0n) is 11.6. The minimum Gasteiger partial charge on any atom is -0.387 e. The monoisotopic (exact) mass is 295 g/mol. The van der Waals surface area contributed by atoms with Gasteiger partial charge in [0.05, 0.1) is 11.4 Å². The number of anilines is 1. The van der Waals surface area contributed by atoms with E-state index in [1.165, 1.54) is 12.4 Å². The summed E-state index contributed by atoms with van der Waals surface area (Å²) in [6.45, 7) is 2.03. The van der Waals surface area contributed by atoms with Gasteiger partial charge in [-0.05, 0) is 13.0 Å². The third-order valence-corrected chi connectivity index (χ3v) is 4.34. The summed E-state index contributed by atoms with van der Waals surface area (Å²) in [5, 5.41) is 7.02. The summed E-state index contributed by atoms with van der Waals surface area (Å²) in [6, 6.07) is 1.61. The second kappa shape index (κ2) is 5.59. The molecule has 2 N–H and O–H groups in total. The molecule has 7 nitrogen and oxygen atoms in total. The molecule has 2 heterocycles. The van der Waals surface area contributed by atoms with E-state index in [1.54, 1.807) is 31.0 Å². The molecule has 0 saturated carbocycles. The van der Waals surface area contributed by atoms with Gasteiger partial charge in [0, 0.05) is 44.8 Å². The molecule has 0 aliphatic carbocycles. The lowest BCUT2D eigenvalue weighted by molar-refractivity contribution is 0.581. The van der Waals surface area contributed by atoms with E-state index in [4.69, 9.17) is 0 Å². The molecule has 0 aliphatic heterocycles. The molecule has 0 aliphatic rings. The number of sulfonamides is 1. The molecule has 20 heavy (non-hydrogen) atoms. The molecule has 2 rings (SSSR count). The molecule has 2 aromatic heterocycles. The van der Waals surface area contributed by atoms with Crippen LogP contribution < -0.4 is 10.0 Å². The normalized spacial score (nSPS) is 11.6. The highest BCUT2D eigenvalue weighted by atomic mass is 32.2. The SMILES string of the molecule is CNc1ccncc1S(=O)(=O)NCc1cn(C)nc1C. The summed E-state index contributed by atoms with van der Waals surface area (Å²) in [4.78, 5) is 3.99. The molecule has 108 valence electrons. The summed E-state index contributed by atoms with van der Waals surface area (Å²) in [5.74, 6) is 0. The summed E-state index contributed by atoms with van der Waals surface area (Å²) in [6.07, 6.45) is 4.65. The van der Waals surface area contributed by atoms with E-state index in [0.29, 0.717) is 5.69 Å². The Kier molecular flexibility index (Phi) is 4.05. The Morgan fingerprint density at radius 3 is 2.75 bits per heavy atom. The van der Waals surface area contributed by atoms with Gasteiger partial charge in [-0.2, -0.15) is 5.10 Å². The third kappa shape index (κ3) is 2.97. The predicted octanol–water partition coefficient (Wildman–Crippen LogP) is 0.644. The van der Waals surface area contributed by atoms with E-state index in [1.807, 2.05) is 6.92 Å². The summed E-state index contributed by atoms with van der Waals surface area (Å²) in [5.41, 5.74) is 2.15. The Labute approximate surface area is 118 Å². The van der Waals surface area contributed by atoms with Crippen LogP contribution in [0.25, 0.3) is 0 Å². The number of aryl methyl sites for hydroxylation is 2. The lowest BCUT2D eigenvalue weighted by atomic mass is 10.3. The number of hydrogen-bond acceptors (Lipinski definition) is 5. The first kappa shape index (κ1) is 14.5. The van der Waals surface area contributed by atoms with Crippen LogP contribution >= 0.6 is 0 Å². The molecular weight excluding hydrogens is 278 g/mol. The molecule has 0 amide bonds. The van der Waals surface area contributed by atoms with Gasteiger partial charge in [0.15, 0.2) is 0 Å². The maximum Gasteiger partial charge on any atom is 0.244 e. The maximum absolute atomic E-state index is 12.3. The number of nitrogens with zero attached hydrogens (tertiary/aromatic N) is 3. The Balaban J connectivity index is 2.21. The minimum absolute atomic E-state index is 0.129. The zero-order chi connectivity index (χ0) is 14.8. The van der Waals surface area contributed by atoms with Crippen molar-refractivity contribution >= 4 is 15.7 Å². The summed E-state index contributed by atoms with van der Waals surface area (Å²) >= 11 is 0. The van der Waals surface area contributed by atoms with E-state index < -0.39 is 10.0 Å². The van der Waals surface area contributed by atoms with E-state index >= 15 is 0 Å². The maximum atomic E-state index is 12.3. The van der Waals surface area contributed by atoms with Gasteiger partial charge in [-0.3, -0.25) is 9.67 Å². The predicted molar refractivity (Wildman–Crippen MR) is 75.8 cm³/mol. The van der Waals surface area contributed by atoms with Crippen molar-refractivity contribution in [3.63, 3.8) is 0 Å². The van der Waals surface area contributed by atoms with Crippen molar-refractivity contribution in [2.24, 2.45) is 7.05 Å². The average molecular weight is 295 g/mol. The number of nitrogens with one attached hydrogen (secondary N) is 2. The first-order chi connectivity index (χ1) is 9.44. The van der Waals surface area contributed by atoms with E-state index in [2.05, 4.69) is 20.1 Å². The van der Waals surface area contributed by atoms with Gasteiger partial charge in [0.1, 0.15) is 4.90 Å². The Bertz CT molecular complexity index is 708. The Hall–Kier alpha value is -1.93. The molecular formula is C12H17N5O2S. The molecule has 0 fully saturated rings. The van der Waals surface area contributed by atoms with Crippen LogP contribution in [0.4, 0.5) is 5.69 Å². The first-order valence-electron chi connectivity index (χ1n) is 6.04. The van der Waals surface area contributed by atoms with Gasteiger partial charge >= 0.3 is 0 Å². The van der Waals surface area contributed by atoms with Gasteiger partial charge in [-0.1, -0.05) is 0 Å². The molecule has 0 spiro atoms. The largest absolute Gasteiger partial charge is 0.387 e. The van der Waals surface area contributed by atoms with Crippen molar-refractivity contribution < 1.29 is 8.42 Å². The smallest absolute Gasteiger partial charge is 0.244 e.